The van der Waals surface area contributed by atoms with Gasteiger partial charge in [-0.05, 0) is 42.5 Å². The minimum Gasteiger partial charge on any atom is -0.332 e. The Morgan fingerprint density at radius 3 is 2.21 bits per heavy atom. The van der Waals surface area contributed by atoms with E-state index in [9.17, 15) is 31.2 Å². The first-order valence-electron chi connectivity index (χ1n) is 8.01. The Balaban J connectivity index is 2.06. The summed E-state index contributed by atoms with van der Waals surface area (Å²) in [5, 5.41) is 1.78. The maximum atomic E-state index is 12.9. The minimum absolute atomic E-state index is 0.0395. The summed E-state index contributed by atoms with van der Waals surface area (Å²) in [4.78, 5) is 25.5. The number of nitrogens with one attached hydrogen (secondary N) is 1. The maximum Gasteiger partial charge on any atom is 0.417 e. The van der Waals surface area contributed by atoms with E-state index >= 15 is 0 Å². The number of anilines is 1. The summed E-state index contributed by atoms with van der Waals surface area (Å²) in [6.45, 7) is -0.434. The Morgan fingerprint density at radius 1 is 1.10 bits per heavy atom. The number of hydrogen-bond acceptors (Lipinski definition) is 4. The fraction of sp³-hybridized carbons (Fsp3) is 0.222. The van der Waals surface area contributed by atoms with Crippen molar-refractivity contribution in [2.75, 3.05) is 25.2 Å². The molecule has 0 aliphatic heterocycles. The van der Waals surface area contributed by atoms with E-state index in [0.717, 1.165) is 17.2 Å². The van der Waals surface area contributed by atoms with Crippen LogP contribution < -0.4 is 5.32 Å². The molecule has 29 heavy (non-hydrogen) atoms. The van der Waals surface area contributed by atoms with Crippen LogP contribution in [0.5, 0.6) is 0 Å². The summed E-state index contributed by atoms with van der Waals surface area (Å²) in [5.41, 5.74) is -1.06. The molecule has 0 atom stereocenters. The van der Waals surface area contributed by atoms with E-state index in [-0.39, 0.29) is 16.1 Å². The van der Waals surface area contributed by atoms with Gasteiger partial charge in [0.2, 0.25) is 5.91 Å². The second kappa shape index (κ2) is 8.42. The van der Waals surface area contributed by atoms with E-state index in [1.54, 1.807) is 0 Å². The molecule has 0 fully saturated rings. The second-order valence-electron chi connectivity index (χ2n) is 6.20. The van der Waals surface area contributed by atoms with Crippen molar-refractivity contribution in [1.29, 1.82) is 0 Å². The van der Waals surface area contributed by atoms with Crippen molar-refractivity contribution in [3.8, 4) is 0 Å². The molecule has 0 spiro atoms. The van der Waals surface area contributed by atoms with Crippen molar-refractivity contribution in [3.05, 3.63) is 58.6 Å². The summed E-state index contributed by atoms with van der Waals surface area (Å²) in [5.74, 6) is -1.28. The van der Waals surface area contributed by atoms with Crippen molar-refractivity contribution < 1.29 is 31.2 Å². The molecule has 156 valence electrons. The summed E-state index contributed by atoms with van der Waals surface area (Å²) < 4.78 is 61.5. The van der Waals surface area contributed by atoms with Crippen molar-refractivity contribution in [2.45, 2.75) is 11.1 Å². The molecule has 0 unspecified atom stereocenters. The third-order valence-corrected chi connectivity index (χ3v) is 5.27. The van der Waals surface area contributed by atoms with Crippen molar-refractivity contribution in [2.24, 2.45) is 0 Å². The first kappa shape index (κ1) is 22.7. The van der Waals surface area contributed by atoms with Gasteiger partial charge in [0, 0.05) is 24.6 Å². The van der Waals surface area contributed by atoms with Gasteiger partial charge in [-0.2, -0.15) is 13.2 Å². The average Bonchev–Trinajstić information content (AvgIpc) is 2.61. The Kier molecular flexibility index (Phi) is 6.59. The normalized spacial score (nSPS) is 11.8. The fourth-order valence-electron chi connectivity index (χ4n) is 2.37. The summed E-state index contributed by atoms with van der Waals surface area (Å²) >= 11 is 5.53. The van der Waals surface area contributed by atoms with Crippen LogP contribution in [0.25, 0.3) is 0 Å². The van der Waals surface area contributed by atoms with Gasteiger partial charge in [0.05, 0.1) is 22.0 Å². The van der Waals surface area contributed by atoms with E-state index in [4.69, 9.17) is 11.6 Å². The molecule has 2 amide bonds. The number of carbonyl (C=O) groups is 2. The van der Waals surface area contributed by atoms with Gasteiger partial charge < -0.3 is 10.2 Å². The fourth-order valence-corrected chi connectivity index (χ4v) is 3.23. The Morgan fingerprint density at radius 2 is 1.69 bits per heavy atom. The zero-order valence-corrected chi connectivity index (χ0v) is 16.8. The lowest BCUT2D eigenvalue weighted by Gasteiger charge is -2.17. The van der Waals surface area contributed by atoms with Crippen LogP contribution in [0.3, 0.4) is 0 Å². The highest BCUT2D eigenvalue weighted by molar-refractivity contribution is 7.90. The predicted molar refractivity (Wildman–Crippen MR) is 102 cm³/mol. The molecule has 0 aliphatic rings. The molecule has 0 saturated carbocycles. The molecular weight excluding hydrogens is 433 g/mol. The molecular formula is C18H16ClF3N2O4S. The number of hydrogen-bond donors (Lipinski definition) is 1. The van der Waals surface area contributed by atoms with Gasteiger partial charge in [-0.15, -0.1) is 0 Å². The van der Waals surface area contributed by atoms with Crippen LogP contribution in [-0.2, 0) is 20.8 Å². The monoisotopic (exact) mass is 448 g/mol. The van der Waals surface area contributed by atoms with Crippen LogP contribution in [0, 0.1) is 0 Å². The standard InChI is InChI=1S/C18H16ClF3N2O4S/c1-24(17(26)11-3-6-13(7-4-11)29(2,27)28)10-16(25)23-12-5-8-15(19)14(9-12)18(20,21)22/h3-9H,10H2,1-2H3,(H,23,25). The molecule has 0 aliphatic carbocycles. The molecule has 0 saturated heterocycles. The average molecular weight is 449 g/mol. The number of carbonyl (C=O) groups excluding carboxylic acids is 2. The van der Waals surface area contributed by atoms with E-state index in [1.165, 1.54) is 37.4 Å². The first-order chi connectivity index (χ1) is 13.3. The number of rotatable bonds is 5. The number of sulfone groups is 1. The van der Waals surface area contributed by atoms with Crippen LogP contribution in [0.15, 0.2) is 47.4 Å². The maximum absolute atomic E-state index is 12.9. The van der Waals surface area contributed by atoms with E-state index in [0.29, 0.717) is 6.07 Å². The highest BCUT2D eigenvalue weighted by Crippen LogP contribution is 2.36. The van der Waals surface area contributed by atoms with Crippen molar-refractivity contribution in [3.63, 3.8) is 0 Å². The Labute approximate surface area is 170 Å². The van der Waals surface area contributed by atoms with Crippen LogP contribution in [0.2, 0.25) is 5.02 Å². The van der Waals surface area contributed by atoms with E-state index < -0.39 is 45.0 Å². The van der Waals surface area contributed by atoms with Crippen molar-refractivity contribution in [1.82, 2.24) is 4.90 Å². The number of halogens is 4. The van der Waals surface area contributed by atoms with E-state index in [1.807, 2.05) is 0 Å². The molecule has 0 bridgehead atoms. The lowest BCUT2D eigenvalue weighted by molar-refractivity contribution is -0.137. The third-order valence-electron chi connectivity index (χ3n) is 3.81. The summed E-state index contributed by atoms with van der Waals surface area (Å²) in [7, 11) is -2.09. The SMILES string of the molecule is CN(CC(=O)Nc1ccc(Cl)c(C(F)(F)F)c1)C(=O)c1ccc(S(C)(=O)=O)cc1. The van der Waals surface area contributed by atoms with Gasteiger partial charge in [-0.25, -0.2) is 8.42 Å². The van der Waals surface area contributed by atoms with Gasteiger partial charge >= 0.3 is 6.18 Å². The predicted octanol–water partition coefficient (Wildman–Crippen LogP) is 3.47. The minimum atomic E-state index is -4.68. The van der Waals surface area contributed by atoms with Crippen LogP contribution in [0.1, 0.15) is 15.9 Å². The number of nitrogens with zero attached hydrogens (tertiary/aromatic N) is 1. The number of amides is 2. The largest absolute Gasteiger partial charge is 0.417 e. The van der Waals surface area contributed by atoms with Gasteiger partial charge in [-0.3, -0.25) is 9.59 Å². The molecule has 2 aromatic carbocycles. The van der Waals surface area contributed by atoms with Crippen molar-refractivity contribution >= 4 is 38.9 Å². The molecule has 11 heteroatoms. The quantitative estimate of drug-likeness (QED) is 0.759. The number of benzene rings is 2. The number of alkyl halides is 3. The van der Waals surface area contributed by atoms with Crippen LogP contribution in [-0.4, -0.2) is 45.0 Å². The number of likely N-dealkylation sites (N-methyl/N-ethyl adjacent to an activating group) is 1. The first-order valence-corrected chi connectivity index (χ1v) is 10.3. The summed E-state index contributed by atoms with van der Waals surface area (Å²) in [6.07, 6.45) is -3.65. The highest BCUT2D eigenvalue weighted by Gasteiger charge is 2.33. The Hall–Kier alpha value is -2.59. The van der Waals surface area contributed by atoms with Gasteiger partial charge in [-0.1, -0.05) is 11.6 Å². The zero-order valence-electron chi connectivity index (χ0n) is 15.2. The van der Waals surface area contributed by atoms with Crippen LogP contribution >= 0.6 is 11.6 Å². The molecule has 2 rings (SSSR count). The second-order valence-corrected chi connectivity index (χ2v) is 8.62. The molecule has 6 nitrogen and oxygen atoms in total. The lowest BCUT2D eigenvalue weighted by atomic mass is 10.2. The third kappa shape index (κ3) is 5.94. The summed E-state index contributed by atoms with van der Waals surface area (Å²) in [6, 6.07) is 8.07. The highest BCUT2D eigenvalue weighted by atomic mass is 35.5. The van der Waals surface area contributed by atoms with Gasteiger partial charge in [0.25, 0.3) is 5.91 Å². The smallest absolute Gasteiger partial charge is 0.332 e. The lowest BCUT2D eigenvalue weighted by Crippen LogP contribution is -2.35. The molecule has 1 N–H and O–H groups in total. The topological polar surface area (TPSA) is 83.6 Å². The Bertz CT molecular complexity index is 1040. The van der Waals surface area contributed by atoms with Gasteiger partial charge in [0.15, 0.2) is 9.84 Å². The molecule has 2 aromatic rings. The van der Waals surface area contributed by atoms with E-state index in [2.05, 4.69) is 5.32 Å². The molecule has 0 radical (unpaired) electrons. The van der Waals surface area contributed by atoms with Gasteiger partial charge in [0.1, 0.15) is 0 Å². The van der Waals surface area contributed by atoms with Crippen LogP contribution in [0.4, 0.5) is 18.9 Å². The zero-order chi connectivity index (χ0) is 22.0. The molecule has 0 aromatic heterocycles. The molecule has 0 heterocycles.